The van der Waals surface area contributed by atoms with E-state index in [1.54, 1.807) is 4.68 Å². The zero-order valence-electron chi connectivity index (χ0n) is 23.4. The Hall–Kier alpha value is -4.65. The van der Waals surface area contributed by atoms with E-state index in [0.29, 0.717) is 18.1 Å². The van der Waals surface area contributed by atoms with Crippen LogP contribution >= 0.6 is 0 Å². The van der Waals surface area contributed by atoms with Crippen LogP contribution in [0.3, 0.4) is 0 Å². The van der Waals surface area contributed by atoms with E-state index < -0.39 is 0 Å². The Bertz CT molecular complexity index is 1600. The molecule has 2 aromatic heterocycles. The van der Waals surface area contributed by atoms with Crippen molar-refractivity contribution < 1.29 is 9.53 Å². The molecule has 3 aromatic carbocycles. The predicted molar refractivity (Wildman–Crippen MR) is 162 cm³/mol. The standard InChI is InChI=1S/C33H35N5O2/c1-23-11-13-25(14-12-23)38-31(22-30(37-38)33(2,3)4)36-32(39)35-28-15-16-29(27-10-6-5-9-26(27)28)40-21-7-8-24-17-19-34-20-18-24/h5-6,9-20,22H,7-8,21H2,1-4H3,(H2,35,36,39). The van der Waals surface area contributed by atoms with E-state index in [1.165, 1.54) is 5.56 Å². The van der Waals surface area contributed by atoms with Crippen molar-refractivity contribution in [3.8, 4) is 11.4 Å². The van der Waals surface area contributed by atoms with Crippen molar-refractivity contribution in [2.24, 2.45) is 0 Å². The molecule has 0 unspecified atom stereocenters. The summed E-state index contributed by atoms with van der Waals surface area (Å²) in [5.74, 6) is 1.40. The van der Waals surface area contributed by atoms with Gasteiger partial charge in [-0.3, -0.25) is 10.3 Å². The van der Waals surface area contributed by atoms with Crippen LogP contribution in [0.2, 0.25) is 0 Å². The van der Waals surface area contributed by atoms with E-state index in [2.05, 4.69) is 36.4 Å². The first-order valence-corrected chi connectivity index (χ1v) is 13.6. The summed E-state index contributed by atoms with van der Waals surface area (Å²) in [4.78, 5) is 17.3. The van der Waals surface area contributed by atoms with Crippen LogP contribution in [0.25, 0.3) is 16.5 Å². The molecule has 5 aromatic rings. The number of aryl methyl sites for hydroxylation is 2. The molecule has 0 fully saturated rings. The van der Waals surface area contributed by atoms with Gasteiger partial charge in [-0.2, -0.15) is 5.10 Å². The zero-order chi connectivity index (χ0) is 28.1. The molecule has 0 bridgehead atoms. The number of anilines is 2. The molecule has 0 atom stereocenters. The molecule has 0 aliphatic heterocycles. The Labute approximate surface area is 235 Å². The number of nitrogens with zero attached hydrogens (tertiary/aromatic N) is 3. The van der Waals surface area contributed by atoms with E-state index >= 15 is 0 Å². The second-order valence-corrected chi connectivity index (χ2v) is 11.0. The van der Waals surface area contributed by atoms with Crippen molar-refractivity contribution in [3.05, 3.63) is 108 Å². The van der Waals surface area contributed by atoms with Crippen LogP contribution in [0.1, 0.15) is 44.0 Å². The fourth-order valence-corrected chi connectivity index (χ4v) is 4.50. The lowest BCUT2D eigenvalue weighted by atomic mass is 9.92. The van der Waals surface area contributed by atoms with Gasteiger partial charge in [0, 0.05) is 34.6 Å². The van der Waals surface area contributed by atoms with Gasteiger partial charge in [-0.15, -0.1) is 0 Å². The smallest absolute Gasteiger partial charge is 0.324 e. The number of benzene rings is 3. The molecule has 7 heteroatoms. The summed E-state index contributed by atoms with van der Waals surface area (Å²) >= 11 is 0. The summed E-state index contributed by atoms with van der Waals surface area (Å²) in [5, 5.41) is 12.7. The zero-order valence-corrected chi connectivity index (χ0v) is 23.4. The summed E-state index contributed by atoms with van der Waals surface area (Å²) in [5.41, 5.74) is 4.70. The Morgan fingerprint density at radius 2 is 1.62 bits per heavy atom. The highest BCUT2D eigenvalue weighted by Crippen LogP contribution is 2.32. The monoisotopic (exact) mass is 533 g/mol. The molecule has 204 valence electrons. The Balaban J connectivity index is 1.32. The summed E-state index contributed by atoms with van der Waals surface area (Å²) in [6, 6.07) is 25.5. The van der Waals surface area contributed by atoms with Gasteiger partial charge >= 0.3 is 6.03 Å². The number of hydrogen-bond donors (Lipinski definition) is 2. The number of ether oxygens (including phenoxy) is 1. The molecule has 5 rings (SSSR count). The Kier molecular flexibility index (Phi) is 7.82. The number of nitrogens with one attached hydrogen (secondary N) is 2. The van der Waals surface area contributed by atoms with Gasteiger partial charge in [0.05, 0.1) is 23.7 Å². The largest absolute Gasteiger partial charge is 0.493 e. The van der Waals surface area contributed by atoms with Crippen molar-refractivity contribution in [2.45, 2.75) is 46.0 Å². The van der Waals surface area contributed by atoms with Crippen LogP contribution in [-0.2, 0) is 11.8 Å². The molecule has 7 nitrogen and oxygen atoms in total. The van der Waals surface area contributed by atoms with Gasteiger partial charge in [0.25, 0.3) is 0 Å². The lowest BCUT2D eigenvalue weighted by molar-refractivity contribution is 0.262. The number of carbonyl (C=O) groups is 1. The van der Waals surface area contributed by atoms with Crippen molar-refractivity contribution in [2.75, 3.05) is 17.2 Å². The number of urea groups is 1. The van der Waals surface area contributed by atoms with Crippen molar-refractivity contribution >= 4 is 28.3 Å². The third-order valence-corrected chi connectivity index (χ3v) is 6.75. The second kappa shape index (κ2) is 11.6. The Morgan fingerprint density at radius 1 is 0.900 bits per heavy atom. The van der Waals surface area contributed by atoms with Crippen molar-refractivity contribution in [1.29, 1.82) is 0 Å². The molecular weight excluding hydrogens is 498 g/mol. The summed E-state index contributed by atoms with van der Waals surface area (Å²) < 4.78 is 7.93. The van der Waals surface area contributed by atoms with Gasteiger partial charge in [0.2, 0.25) is 0 Å². The Morgan fingerprint density at radius 3 is 2.35 bits per heavy atom. The van der Waals surface area contributed by atoms with E-state index in [0.717, 1.165) is 46.3 Å². The number of aromatic nitrogens is 3. The van der Waals surface area contributed by atoms with Crippen LogP contribution in [0, 0.1) is 6.92 Å². The molecule has 0 aliphatic rings. The van der Waals surface area contributed by atoms with Gasteiger partial charge in [0.1, 0.15) is 11.6 Å². The lowest BCUT2D eigenvalue weighted by Gasteiger charge is -2.14. The molecule has 40 heavy (non-hydrogen) atoms. The predicted octanol–water partition coefficient (Wildman–Crippen LogP) is 7.68. The van der Waals surface area contributed by atoms with Crippen LogP contribution in [-0.4, -0.2) is 27.4 Å². The fourth-order valence-electron chi connectivity index (χ4n) is 4.50. The molecule has 0 spiro atoms. The van der Waals surface area contributed by atoms with Gasteiger partial charge in [-0.25, -0.2) is 9.48 Å². The molecule has 0 saturated carbocycles. The number of pyridine rings is 1. The molecule has 0 saturated heterocycles. The van der Waals surface area contributed by atoms with Gasteiger partial charge in [-0.1, -0.05) is 62.7 Å². The first kappa shape index (κ1) is 26.9. The van der Waals surface area contributed by atoms with Gasteiger partial charge in [-0.05, 0) is 61.7 Å². The quantitative estimate of drug-likeness (QED) is 0.200. The molecular formula is C33H35N5O2. The minimum atomic E-state index is -0.343. The highest BCUT2D eigenvalue weighted by atomic mass is 16.5. The molecule has 2 N–H and O–H groups in total. The second-order valence-electron chi connectivity index (χ2n) is 11.0. The first-order chi connectivity index (χ1) is 19.3. The van der Waals surface area contributed by atoms with Gasteiger partial charge < -0.3 is 10.1 Å². The van der Waals surface area contributed by atoms with E-state index in [4.69, 9.17) is 9.84 Å². The first-order valence-electron chi connectivity index (χ1n) is 13.6. The topological polar surface area (TPSA) is 81.1 Å². The summed E-state index contributed by atoms with van der Waals surface area (Å²) in [6.07, 6.45) is 5.44. The highest BCUT2D eigenvalue weighted by Gasteiger charge is 2.22. The van der Waals surface area contributed by atoms with Crippen LogP contribution in [0.5, 0.6) is 5.75 Å². The van der Waals surface area contributed by atoms with E-state index in [1.807, 2.05) is 98.2 Å². The number of hydrogen-bond acceptors (Lipinski definition) is 4. The van der Waals surface area contributed by atoms with Crippen molar-refractivity contribution in [3.63, 3.8) is 0 Å². The summed E-state index contributed by atoms with van der Waals surface area (Å²) in [6.45, 7) is 8.96. The van der Waals surface area contributed by atoms with E-state index in [9.17, 15) is 4.79 Å². The number of carbonyl (C=O) groups excluding carboxylic acids is 1. The SMILES string of the molecule is Cc1ccc(-n2nc(C(C)(C)C)cc2NC(=O)Nc2ccc(OCCCc3ccncc3)c3ccccc23)cc1. The number of rotatable bonds is 8. The van der Waals surface area contributed by atoms with Crippen LogP contribution in [0.4, 0.5) is 16.3 Å². The molecule has 2 heterocycles. The molecule has 0 radical (unpaired) electrons. The lowest BCUT2D eigenvalue weighted by Crippen LogP contribution is -2.21. The highest BCUT2D eigenvalue weighted by molar-refractivity contribution is 6.07. The average Bonchev–Trinajstić information content (AvgIpc) is 3.37. The molecule has 0 aliphatic carbocycles. The van der Waals surface area contributed by atoms with Gasteiger partial charge in [0.15, 0.2) is 0 Å². The minimum Gasteiger partial charge on any atom is -0.493 e. The fraction of sp³-hybridized carbons (Fsp3) is 0.242. The minimum absolute atomic E-state index is 0.173. The normalized spacial score (nSPS) is 11.4. The maximum atomic E-state index is 13.3. The third-order valence-electron chi connectivity index (χ3n) is 6.75. The third kappa shape index (κ3) is 6.31. The summed E-state index contributed by atoms with van der Waals surface area (Å²) in [7, 11) is 0. The van der Waals surface area contributed by atoms with E-state index in [-0.39, 0.29) is 11.4 Å². The number of amides is 2. The maximum absolute atomic E-state index is 13.3. The molecule has 2 amide bonds. The number of fused-ring (bicyclic) bond motifs is 1. The maximum Gasteiger partial charge on any atom is 0.324 e. The van der Waals surface area contributed by atoms with Crippen LogP contribution in [0.15, 0.2) is 91.3 Å². The van der Waals surface area contributed by atoms with Crippen molar-refractivity contribution in [1.82, 2.24) is 14.8 Å². The average molecular weight is 534 g/mol. The van der Waals surface area contributed by atoms with Crippen LogP contribution < -0.4 is 15.4 Å².